The van der Waals surface area contributed by atoms with E-state index in [4.69, 9.17) is 27.9 Å². The minimum absolute atomic E-state index is 0.111. The van der Waals surface area contributed by atoms with Crippen molar-refractivity contribution in [1.82, 2.24) is 5.43 Å². The van der Waals surface area contributed by atoms with Gasteiger partial charge < -0.3 is 10.1 Å². The molecule has 0 aliphatic heterocycles. The number of rotatable bonds is 5. The molecular weight excluding hydrogens is 489 g/mol. The third kappa shape index (κ3) is 5.66. The Morgan fingerprint density at radius 2 is 1.54 bits per heavy atom. The van der Waals surface area contributed by atoms with Gasteiger partial charge in [0.1, 0.15) is 5.75 Å². The van der Waals surface area contributed by atoms with Crippen LogP contribution in [0.1, 0.15) is 15.9 Å². The maximum atomic E-state index is 12.6. The molecule has 4 aromatic rings. The summed E-state index contributed by atoms with van der Waals surface area (Å²) in [4.78, 5) is 37.1. The van der Waals surface area contributed by atoms with Gasteiger partial charge in [-0.1, -0.05) is 77.8 Å². The van der Waals surface area contributed by atoms with E-state index in [2.05, 4.69) is 15.8 Å². The monoisotopic (exact) mass is 505 g/mol. The molecule has 0 saturated heterocycles. The molecule has 0 bridgehead atoms. The summed E-state index contributed by atoms with van der Waals surface area (Å²) >= 11 is 12.0. The zero-order chi connectivity index (χ0) is 24.8. The molecule has 0 fully saturated rings. The minimum atomic E-state index is -1.03. The number of fused-ring (bicyclic) bond motifs is 1. The van der Waals surface area contributed by atoms with Crippen molar-refractivity contribution in [3.05, 3.63) is 106 Å². The minimum Gasteiger partial charge on any atom is -0.422 e. The lowest BCUT2D eigenvalue weighted by molar-refractivity contribution is -0.136. The van der Waals surface area contributed by atoms with Crippen LogP contribution in [-0.4, -0.2) is 24.0 Å². The van der Waals surface area contributed by atoms with Crippen LogP contribution < -0.4 is 15.5 Å². The van der Waals surface area contributed by atoms with Crippen molar-refractivity contribution >= 4 is 63.7 Å². The molecular formula is C26H17Cl2N3O4. The number of nitrogens with one attached hydrogen (secondary N) is 2. The second-order valence-electron chi connectivity index (χ2n) is 7.21. The van der Waals surface area contributed by atoms with Crippen molar-refractivity contribution < 1.29 is 19.1 Å². The largest absolute Gasteiger partial charge is 0.422 e. The van der Waals surface area contributed by atoms with Gasteiger partial charge in [-0.2, -0.15) is 5.10 Å². The van der Waals surface area contributed by atoms with Gasteiger partial charge in [-0.05, 0) is 41.1 Å². The number of ether oxygens (including phenoxy) is 1. The Morgan fingerprint density at radius 1 is 0.800 bits per heavy atom. The first-order valence-corrected chi connectivity index (χ1v) is 11.1. The van der Waals surface area contributed by atoms with Crippen LogP contribution in [0.25, 0.3) is 10.8 Å². The van der Waals surface area contributed by atoms with Gasteiger partial charge in [0.05, 0.1) is 27.5 Å². The van der Waals surface area contributed by atoms with Crippen molar-refractivity contribution in [3.8, 4) is 5.75 Å². The van der Waals surface area contributed by atoms with Crippen molar-refractivity contribution in [1.29, 1.82) is 0 Å². The molecule has 35 heavy (non-hydrogen) atoms. The average Bonchev–Trinajstić information content (AvgIpc) is 2.88. The number of anilines is 1. The van der Waals surface area contributed by atoms with Crippen LogP contribution in [-0.2, 0) is 9.59 Å². The highest BCUT2D eigenvalue weighted by atomic mass is 35.5. The third-order valence-electron chi connectivity index (χ3n) is 4.91. The molecule has 0 radical (unpaired) electrons. The molecule has 174 valence electrons. The Hall–Kier alpha value is -4.20. The van der Waals surface area contributed by atoms with Gasteiger partial charge in [0, 0.05) is 5.56 Å². The fourth-order valence-corrected chi connectivity index (χ4v) is 3.56. The average molecular weight is 506 g/mol. The van der Waals surface area contributed by atoms with Crippen molar-refractivity contribution in [2.45, 2.75) is 0 Å². The molecule has 0 heterocycles. The van der Waals surface area contributed by atoms with Gasteiger partial charge >= 0.3 is 17.8 Å². The molecule has 0 aromatic heterocycles. The molecule has 0 aliphatic carbocycles. The van der Waals surface area contributed by atoms with Gasteiger partial charge in [0.15, 0.2) is 0 Å². The smallest absolute Gasteiger partial charge is 0.343 e. The summed E-state index contributed by atoms with van der Waals surface area (Å²) in [6.45, 7) is 0. The summed E-state index contributed by atoms with van der Waals surface area (Å²) in [5, 5.41) is 8.22. The van der Waals surface area contributed by atoms with Crippen LogP contribution in [0, 0.1) is 0 Å². The number of esters is 1. The fourth-order valence-electron chi connectivity index (χ4n) is 3.22. The molecule has 4 aromatic carbocycles. The number of hydrazone groups is 1. The van der Waals surface area contributed by atoms with Crippen molar-refractivity contribution in [3.63, 3.8) is 0 Å². The van der Waals surface area contributed by atoms with Crippen LogP contribution in [0.2, 0.25) is 10.0 Å². The van der Waals surface area contributed by atoms with E-state index in [1.165, 1.54) is 12.3 Å². The Balaban J connectivity index is 1.54. The number of benzene rings is 4. The van der Waals surface area contributed by atoms with E-state index in [0.29, 0.717) is 11.1 Å². The number of amides is 2. The number of carbonyl (C=O) groups excluding carboxylic acids is 3. The van der Waals surface area contributed by atoms with Crippen LogP contribution >= 0.6 is 23.2 Å². The van der Waals surface area contributed by atoms with E-state index in [1.807, 2.05) is 24.3 Å². The van der Waals surface area contributed by atoms with E-state index in [1.54, 1.807) is 54.6 Å². The highest BCUT2D eigenvalue weighted by molar-refractivity contribution is 6.45. The van der Waals surface area contributed by atoms with Crippen LogP contribution in [0.15, 0.2) is 90.0 Å². The zero-order valence-corrected chi connectivity index (χ0v) is 19.5. The molecule has 9 heteroatoms. The highest BCUT2D eigenvalue weighted by Crippen LogP contribution is 2.29. The molecule has 2 amide bonds. The Bertz CT molecular complexity index is 1460. The molecule has 0 spiro atoms. The van der Waals surface area contributed by atoms with Gasteiger partial charge in [-0.3, -0.25) is 9.59 Å². The van der Waals surface area contributed by atoms with Gasteiger partial charge in [-0.15, -0.1) is 0 Å². The van der Waals surface area contributed by atoms with E-state index >= 15 is 0 Å². The quantitative estimate of drug-likeness (QED) is 0.124. The van der Waals surface area contributed by atoms with Crippen molar-refractivity contribution in [2.24, 2.45) is 5.10 Å². The molecule has 0 unspecified atom stereocenters. The summed E-state index contributed by atoms with van der Waals surface area (Å²) in [5.41, 5.74) is 3.18. The molecule has 2 N–H and O–H groups in total. The summed E-state index contributed by atoms with van der Waals surface area (Å²) in [6, 6.07) is 24.0. The number of hydrogen-bond donors (Lipinski definition) is 2. The summed E-state index contributed by atoms with van der Waals surface area (Å²) in [7, 11) is 0. The number of nitrogens with zero attached hydrogens (tertiary/aromatic N) is 1. The zero-order valence-electron chi connectivity index (χ0n) is 18.0. The molecule has 0 atom stereocenters. The number of carbonyl (C=O) groups is 3. The Morgan fingerprint density at radius 3 is 2.34 bits per heavy atom. The van der Waals surface area contributed by atoms with E-state index in [-0.39, 0.29) is 21.5 Å². The standard InChI is InChI=1S/C26H17Cl2N3O4/c27-20-11-6-12-21(23(20)28)30-24(32)25(33)31-29-15-19-18-10-5-4-7-16(18)13-14-22(19)35-26(34)17-8-2-1-3-9-17/h1-15H,(H,30,32)(H,31,33). The maximum Gasteiger partial charge on any atom is 0.343 e. The lowest BCUT2D eigenvalue weighted by atomic mass is 10.0. The van der Waals surface area contributed by atoms with Gasteiger partial charge in [-0.25, -0.2) is 10.2 Å². The van der Waals surface area contributed by atoms with Crippen LogP contribution in [0.4, 0.5) is 5.69 Å². The van der Waals surface area contributed by atoms with E-state index in [9.17, 15) is 14.4 Å². The summed E-state index contributed by atoms with van der Waals surface area (Å²) in [6.07, 6.45) is 1.31. The van der Waals surface area contributed by atoms with Gasteiger partial charge in [0.2, 0.25) is 0 Å². The fraction of sp³-hybridized carbons (Fsp3) is 0. The lowest BCUT2D eigenvalue weighted by Gasteiger charge is -2.10. The molecule has 7 nitrogen and oxygen atoms in total. The maximum absolute atomic E-state index is 12.6. The van der Waals surface area contributed by atoms with E-state index < -0.39 is 17.8 Å². The predicted molar refractivity (Wildman–Crippen MR) is 136 cm³/mol. The summed E-state index contributed by atoms with van der Waals surface area (Å²) < 4.78 is 5.60. The van der Waals surface area contributed by atoms with Gasteiger partial charge in [0.25, 0.3) is 0 Å². The lowest BCUT2D eigenvalue weighted by Crippen LogP contribution is -2.32. The Kier molecular flexibility index (Phi) is 7.40. The molecule has 0 saturated carbocycles. The number of halogens is 2. The molecule has 4 rings (SSSR count). The first kappa shape index (κ1) is 23.9. The normalized spacial score (nSPS) is 10.8. The van der Waals surface area contributed by atoms with Crippen LogP contribution in [0.5, 0.6) is 5.75 Å². The number of hydrogen-bond acceptors (Lipinski definition) is 5. The van der Waals surface area contributed by atoms with Crippen LogP contribution in [0.3, 0.4) is 0 Å². The SMILES string of the molecule is O=C(NN=Cc1c(OC(=O)c2ccccc2)ccc2ccccc12)C(=O)Nc1cccc(Cl)c1Cl. The predicted octanol–water partition coefficient (Wildman–Crippen LogP) is 5.45. The first-order valence-electron chi connectivity index (χ1n) is 10.3. The third-order valence-corrected chi connectivity index (χ3v) is 5.73. The highest BCUT2D eigenvalue weighted by Gasteiger charge is 2.16. The first-order chi connectivity index (χ1) is 16.9. The van der Waals surface area contributed by atoms with E-state index in [0.717, 1.165) is 10.8 Å². The Labute approximate surface area is 210 Å². The summed E-state index contributed by atoms with van der Waals surface area (Å²) in [5.74, 6) is -2.32. The second kappa shape index (κ2) is 10.8. The molecule has 0 aliphatic rings. The second-order valence-corrected chi connectivity index (χ2v) is 7.99. The topological polar surface area (TPSA) is 96.9 Å². The van der Waals surface area contributed by atoms with Crippen molar-refractivity contribution in [2.75, 3.05) is 5.32 Å².